The van der Waals surface area contributed by atoms with E-state index in [0.717, 1.165) is 49.9 Å². The number of carbonyl (C=O) groups is 1. The molecule has 0 saturated carbocycles. The molecule has 5 nitrogen and oxygen atoms in total. The molecule has 33 heavy (non-hydrogen) atoms. The predicted molar refractivity (Wildman–Crippen MR) is 137 cm³/mol. The second-order valence-electron chi connectivity index (χ2n) is 8.75. The molecule has 172 valence electrons. The highest BCUT2D eigenvalue weighted by atomic mass is 35.5. The first-order valence-corrected chi connectivity index (χ1v) is 12.3. The summed E-state index contributed by atoms with van der Waals surface area (Å²) in [4.78, 5) is 23.0. The fourth-order valence-corrected chi connectivity index (χ4v) is 5.42. The van der Waals surface area contributed by atoms with Crippen LogP contribution in [0.3, 0.4) is 0 Å². The minimum Gasteiger partial charge on any atom is -0.481 e. The molecule has 0 saturated heterocycles. The van der Waals surface area contributed by atoms with Gasteiger partial charge in [-0.25, -0.2) is 4.98 Å². The van der Waals surface area contributed by atoms with E-state index in [1.807, 2.05) is 37.4 Å². The summed E-state index contributed by atoms with van der Waals surface area (Å²) in [5, 5.41) is 12.1. The minimum atomic E-state index is -0.815. The van der Waals surface area contributed by atoms with Crippen molar-refractivity contribution in [1.82, 2.24) is 9.97 Å². The molecule has 2 heterocycles. The summed E-state index contributed by atoms with van der Waals surface area (Å²) in [7, 11) is 0. The Hall–Kier alpha value is -2.83. The van der Waals surface area contributed by atoms with Crippen molar-refractivity contribution in [2.24, 2.45) is 5.92 Å². The molecule has 2 aromatic heterocycles. The lowest BCUT2D eigenvalue weighted by atomic mass is 10.0. The normalized spacial score (nSPS) is 11.4. The van der Waals surface area contributed by atoms with Gasteiger partial charge in [-0.15, -0.1) is 11.3 Å². The van der Waals surface area contributed by atoms with Crippen molar-refractivity contribution in [3.8, 4) is 11.3 Å². The highest BCUT2D eigenvalue weighted by molar-refractivity contribution is 7.16. The van der Waals surface area contributed by atoms with Crippen LogP contribution in [-0.4, -0.2) is 27.6 Å². The Bertz CT molecular complexity index is 1280. The molecule has 0 fully saturated rings. The maximum Gasteiger partial charge on any atom is 0.305 e. The van der Waals surface area contributed by atoms with Gasteiger partial charge >= 0.3 is 5.97 Å². The number of thiazole rings is 1. The van der Waals surface area contributed by atoms with Gasteiger partial charge in [0.1, 0.15) is 0 Å². The van der Waals surface area contributed by atoms with Crippen LogP contribution in [0.4, 0.5) is 5.13 Å². The van der Waals surface area contributed by atoms with Crippen LogP contribution < -0.4 is 4.90 Å². The predicted octanol–water partition coefficient (Wildman–Crippen LogP) is 6.93. The summed E-state index contributed by atoms with van der Waals surface area (Å²) in [5.41, 5.74) is 5.17. The van der Waals surface area contributed by atoms with E-state index in [1.165, 1.54) is 4.88 Å². The van der Waals surface area contributed by atoms with Crippen LogP contribution >= 0.6 is 22.9 Å². The van der Waals surface area contributed by atoms with Gasteiger partial charge in [0.25, 0.3) is 0 Å². The second-order valence-corrected chi connectivity index (χ2v) is 10.2. The number of nitrogens with zero attached hydrogens (tertiary/aromatic N) is 2. The molecular formula is C26H28ClN3O2S. The van der Waals surface area contributed by atoms with E-state index >= 15 is 0 Å². The minimum absolute atomic E-state index is 0.0495. The van der Waals surface area contributed by atoms with E-state index in [-0.39, 0.29) is 6.42 Å². The van der Waals surface area contributed by atoms with Gasteiger partial charge in [-0.05, 0) is 48.6 Å². The largest absolute Gasteiger partial charge is 0.481 e. The van der Waals surface area contributed by atoms with Crippen LogP contribution in [0.1, 0.15) is 36.3 Å². The number of carboxylic acid groups (broad SMARTS) is 1. The molecule has 0 aliphatic rings. The van der Waals surface area contributed by atoms with Crippen molar-refractivity contribution >= 4 is 44.9 Å². The van der Waals surface area contributed by atoms with E-state index in [9.17, 15) is 9.90 Å². The first-order chi connectivity index (χ1) is 15.8. The Balaban J connectivity index is 1.75. The van der Waals surface area contributed by atoms with Crippen LogP contribution in [0.2, 0.25) is 5.02 Å². The highest BCUT2D eigenvalue weighted by Crippen LogP contribution is 2.37. The topological polar surface area (TPSA) is 69.2 Å². The molecule has 0 unspecified atom stereocenters. The number of fused-ring (bicyclic) bond motifs is 1. The van der Waals surface area contributed by atoms with Crippen LogP contribution in [-0.2, 0) is 17.8 Å². The summed E-state index contributed by atoms with van der Waals surface area (Å²) in [6, 6.07) is 14.3. The van der Waals surface area contributed by atoms with Crippen molar-refractivity contribution in [1.29, 1.82) is 0 Å². The summed E-state index contributed by atoms with van der Waals surface area (Å²) < 4.78 is 0. The fraction of sp³-hybridized carbons (Fsp3) is 0.308. The molecule has 4 rings (SSSR count). The number of aliphatic carboxylic acids is 1. The Kier molecular flexibility index (Phi) is 7.05. The molecule has 7 heteroatoms. The average molecular weight is 482 g/mol. The molecule has 0 bridgehead atoms. The van der Waals surface area contributed by atoms with Crippen molar-refractivity contribution in [3.05, 3.63) is 69.7 Å². The zero-order chi connectivity index (χ0) is 23.5. The third-order valence-electron chi connectivity index (χ3n) is 5.64. The average Bonchev–Trinajstić information content (AvgIpc) is 3.40. The van der Waals surface area contributed by atoms with Crippen molar-refractivity contribution < 1.29 is 9.90 Å². The first kappa shape index (κ1) is 23.3. The third-order valence-corrected chi connectivity index (χ3v) is 7.18. The molecule has 0 atom stereocenters. The number of hydrogen-bond acceptors (Lipinski definition) is 4. The highest BCUT2D eigenvalue weighted by Gasteiger charge is 2.20. The summed E-state index contributed by atoms with van der Waals surface area (Å²) in [6.07, 6.45) is 2.88. The zero-order valence-electron chi connectivity index (χ0n) is 19.1. The van der Waals surface area contributed by atoms with E-state index in [4.69, 9.17) is 16.6 Å². The van der Waals surface area contributed by atoms with Crippen molar-refractivity contribution in [3.63, 3.8) is 0 Å². The molecule has 0 radical (unpaired) electrons. The van der Waals surface area contributed by atoms with Gasteiger partial charge in [0.05, 0.1) is 12.1 Å². The summed E-state index contributed by atoms with van der Waals surface area (Å²) in [6.45, 7) is 7.35. The Labute approximate surface area is 203 Å². The number of anilines is 1. The number of halogens is 1. The number of aryl methyl sites for hydroxylation is 1. The number of H-pyrrole nitrogens is 1. The van der Waals surface area contributed by atoms with Crippen molar-refractivity contribution in [2.45, 2.75) is 40.2 Å². The van der Waals surface area contributed by atoms with E-state index in [1.54, 1.807) is 11.3 Å². The zero-order valence-corrected chi connectivity index (χ0v) is 20.6. The molecule has 0 spiro atoms. The molecule has 4 aromatic rings. The van der Waals surface area contributed by atoms with E-state index < -0.39 is 5.97 Å². The van der Waals surface area contributed by atoms with Crippen LogP contribution in [0.25, 0.3) is 22.2 Å². The van der Waals surface area contributed by atoms with Gasteiger partial charge in [-0.3, -0.25) is 4.79 Å². The van der Waals surface area contributed by atoms with Gasteiger partial charge in [0.2, 0.25) is 0 Å². The van der Waals surface area contributed by atoms with E-state index in [2.05, 4.69) is 41.9 Å². The first-order valence-electron chi connectivity index (χ1n) is 11.1. The molecule has 2 N–H and O–H groups in total. The number of aromatic nitrogens is 2. The van der Waals surface area contributed by atoms with Gasteiger partial charge in [-0.1, -0.05) is 49.7 Å². The number of benzene rings is 2. The Morgan fingerprint density at radius 1 is 1.24 bits per heavy atom. The lowest BCUT2D eigenvalue weighted by molar-refractivity contribution is -0.136. The number of aromatic amines is 1. The van der Waals surface area contributed by atoms with Gasteiger partial charge in [0, 0.05) is 45.7 Å². The number of rotatable bonds is 9. The maximum atomic E-state index is 11.4. The summed E-state index contributed by atoms with van der Waals surface area (Å²) in [5.74, 6) is -0.344. The van der Waals surface area contributed by atoms with Crippen molar-refractivity contribution in [2.75, 3.05) is 11.4 Å². The molecule has 0 aliphatic carbocycles. The van der Waals surface area contributed by atoms with Gasteiger partial charge < -0.3 is 15.0 Å². The lowest BCUT2D eigenvalue weighted by Crippen LogP contribution is -2.25. The smallest absolute Gasteiger partial charge is 0.305 e. The van der Waals surface area contributed by atoms with Crippen LogP contribution in [0, 0.1) is 12.8 Å². The number of carboxylic acids is 1. The van der Waals surface area contributed by atoms with E-state index in [0.29, 0.717) is 19.0 Å². The quantitative estimate of drug-likeness (QED) is 0.272. The lowest BCUT2D eigenvalue weighted by Gasteiger charge is -2.21. The molecular weight excluding hydrogens is 454 g/mol. The Morgan fingerprint density at radius 2 is 2.06 bits per heavy atom. The maximum absolute atomic E-state index is 11.4. The molecule has 0 aliphatic heterocycles. The van der Waals surface area contributed by atoms with Gasteiger partial charge in [0.15, 0.2) is 5.13 Å². The Morgan fingerprint density at radius 3 is 2.79 bits per heavy atom. The molecule has 2 aromatic carbocycles. The van der Waals surface area contributed by atoms with Gasteiger partial charge in [-0.2, -0.15) is 0 Å². The number of nitrogens with one attached hydrogen (secondary N) is 1. The second kappa shape index (κ2) is 9.98. The monoisotopic (exact) mass is 481 g/mol. The number of hydrogen-bond donors (Lipinski definition) is 2. The molecule has 0 amide bonds. The fourth-order valence-electron chi connectivity index (χ4n) is 3.92. The third kappa shape index (κ3) is 5.40. The summed E-state index contributed by atoms with van der Waals surface area (Å²) >= 11 is 8.07. The standard InChI is InChI=1S/C26H28ClN3O2S/c1-16(2)13-23-25(18-8-7-17(3)21(27)14-18)29-26(33-23)30(12-10-24(31)32)15-19-5-4-6-22-20(19)9-11-28-22/h4-9,11,14,16,28H,10,12-13,15H2,1-3H3,(H,31,32). The van der Waals surface area contributed by atoms with Crippen LogP contribution in [0.15, 0.2) is 48.7 Å². The SMILES string of the molecule is Cc1ccc(-c2nc(N(CCC(=O)O)Cc3cccc4[nH]ccc34)sc2CC(C)C)cc1Cl. The van der Waals surface area contributed by atoms with Crippen LogP contribution in [0.5, 0.6) is 0 Å².